The highest BCUT2D eigenvalue weighted by atomic mass is 16.5. The lowest BCUT2D eigenvalue weighted by molar-refractivity contribution is -0.0276. The second-order valence-electron chi connectivity index (χ2n) is 9.39. The van der Waals surface area contributed by atoms with E-state index in [4.69, 9.17) is 19.6 Å². The lowest BCUT2D eigenvalue weighted by atomic mass is 9.90. The largest absolute Gasteiger partial charge is 0.473 e. The summed E-state index contributed by atoms with van der Waals surface area (Å²) in [5.74, 6) is 1.30. The van der Waals surface area contributed by atoms with Crippen LogP contribution in [0, 0.1) is 0 Å². The average Bonchev–Trinajstić information content (AvgIpc) is 3.35. The summed E-state index contributed by atoms with van der Waals surface area (Å²) in [6, 6.07) is 12.3. The maximum atomic E-state index is 6.26. The molecular formula is C24H27N5O3. The number of nitrogens with two attached hydrogens (primary N) is 1. The number of hydrogen-bond donors (Lipinski definition) is 1. The maximum Gasteiger partial charge on any atom is 0.232 e. The van der Waals surface area contributed by atoms with Crippen LogP contribution in [0.4, 0.5) is 5.69 Å². The van der Waals surface area contributed by atoms with E-state index in [1.165, 1.54) is 0 Å². The van der Waals surface area contributed by atoms with Crippen LogP contribution >= 0.6 is 0 Å². The van der Waals surface area contributed by atoms with Crippen molar-refractivity contribution in [1.82, 2.24) is 14.6 Å². The van der Waals surface area contributed by atoms with Gasteiger partial charge in [0.25, 0.3) is 0 Å². The Hall–Kier alpha value is -3.10. The highest BCUT2D eigenvalue weighted by molar-refractivity contribution is 5.94. The summed E-state index contributed by atoms with van der Waals surface area (Å²) in [6.45, 7) is 6.64. The van der Waals surface area contributed by atoms with Crippen molar-refractivity contribution in [2.75, 3.05) is 24.6 Å². The molecule has 0 radical (unpaired) electrons. The zero-order chi connectivity index (χ0) is 21.9. The van der Waals surface area contributed by atoms with Crippen LogP contribution in [0.15, 0.2) is 47.0 Å². The Morgan fingerprint density at radius 3 is 2.88 bits per heavy atom. The van der Waals surface area contributed by atoms with Gasteiger partial charge in [0.1, 0.15) is 17.4 Å². The minimum absolute atomic E-state index is 0.133. The molecule has 2 N–H and O–H groups in total. The first-order chi connectivity index (χ1) is 15.4. The summed E-state index contributed by atoms with van der Waals surface area (Å²) >= 11 is 0. The third-order valence-electron chi connectivity index (χ3n) is 6.31. The van der Waals surface area contributed by atoms with Crippen molar-refractivity contribution < 1.29 is 13.9 Å². The molecule has 1 aliphatic carbocycles. The van der Waals surface area contributed by atoms with Crippen molar-refractivity contribution in [1.29, 1.82) is 0 Å². The summed E-state index contributed by atoms with van der Waals surface area (Å²) in [4.78, 5) is 6.87. The zero-order valence-corrected chi connectivity index (χ0v) is 18.3. The van der Waals surface area contributed by atoms with Gasteiger partial charge in [-0.25, -0.2) is 9.50 Å². The number of nitrogens with zero attached hydrogens (tertiary/aromatic N) is 4. The molecule has 3 aromatic heterocycles. The Kier molecular flexibility index (Phi) is 4.41. The van der Waals surface area contributed by atoms with E-state index in [1.54, 1.807) is 10.7 Å². The van der Waals surface area contributed by atoms with Gasteiger partial charge in [-0.15, -0.1) is 5.10 Å². The molecule has 0 unspecified atom stereocenters. The maximum absolute atomic E-state index is 6.26. The molecule has 8 heteroatoms. The Balaban J connectivity index is 1.37. The molecule has 1 aromatic carbocycles. The third-order valence-corrected chi connectivity index (χ3v) is 6.31. The smallest absolute Gasteiger partial charge is 0.232 e. The van der Waals surface area contributed by atoms with Crippen molar-refractivity contribution >= 4 is 22.3 Å². The van der Waals surface area contributed by atoms with Crippen LogP contribution < -0.4 is 15.4 Å². The summed E-state index contributed by atoms with van der Waals surface area (Å²) in [5, 5.41) is 5.74. The van der Waals surface area contributed by atoms with E-state index < -0.39 is 0 Å². The van der Waals surface area contributed by atoms with E-state index in [2.05, 4.69) is 41.0 Å². The monoisotopic (exact) mass is 433 g/mol. The predicted octanol–water partition coefficient (Wildman–Crippen LogP) is 3.63. The number of anilines is 1. The van der Waals surface area contributed by atoms with E-state index in [0.29, 0.717) is 12.5 Å². The number of furan rings is 1. The van der Waals surface area contributed by atoms with Crippen LogP contribution in [0.1, 0.15) is 26.7 Å². The number of ether oxygens (including phenoxy) is 2. The number of benzene rings is 1. The fourth-order valence-electron chi connectivity index (χ4n) is 4.63. The van der Waals surface area contributed by atoms with E-state index in [9.17, 15) is 0 Å². The first-order valence-electron chi connectivity index (χ1n) is 11.1. The Morgan fingerprint density at radius 2 is 2.06 bits per heavy atom. The van der Waals surface area contributed by atoms with Crippen molar-refractivity contribution in [3.63, 3.8) is 0 Å². The van der Waals surface area contributed by atoms with Crippen molar-refractivity contribution in [3.05, 3.63) is 42.6 Å². The molecule has 2 fully saturated rings. The molecule has 32 heavy (non-hydrogen) atoms. The van der Waals surface area contributed by atoms with Crippen LogP contribution in [-0.2, 0) is 4.74 Å². The number of rotatable bonds is 4. The minimum Gasteiger partial charge on any atom is -0.473 e. The predicted molar refractivity (Wildman–Crippen MR) is 122 cm³/mol. The van der Waals surface area contributed by atoms with Gasteiger partial charge in [0.05, 0.1) is 18.4 Å². The molecule has 1 saturated carbocycles. The van der Waals surface area contributed by atoms with Crippen LogP contribution in [0.3, 0.4) is 0 Å². The fraction of sp³-hybridized carbons (Fsp3) is 0.417. The van der Waals surface area contributed by atoms with E-state index in [1.807, 2.05) is 24.3 Å². The van der Waals surface area contributed by atoms with E-state index in [-0.39, 0.29) is 17.7 Å². The molecule has 166 valence electrons. The van der Waals surface area contributed by atoms with Gasteiger partial charge in [-0.1, -0.05) is 6.07 Å². The quantitative estimate of drug-likeness (QED) is 0.525. The lowest BCUT2D eigenvalue weighted by Gasteiger charge is -2.39. The van der Waals surface area contributed by atoms with Gasteiger partial charge in [0, 0.05) is 36.3 Å². The average molecular weight is 434 g/mol. The molecule has 1 saturated heterocycles. The number of imidazole rings is 1. The van der Waals surface area contributed by atoms with Crippen molar-refractivity contribution in [2.45, 2.75) is 44.4 Å². The lowest BCUT2D eigenvalue weighted by Crippen LogP contribution is -2.48. The molecule has 0 spiro atoms. The van der Waals surface area contributed by atoms with Gasteiger partial charge < -0.3 is 24.5 Å². The molecule has 0 atom stereocenters. The molecule has 8 nitrogen and oxygen atoms in total. The first kappa shape index (κ1) is 19.6. The van der Waals surface area contributed by atoms with Gasteiger partial charge in [0.15, 0.2) is 11.4 Å². The van der Waals surface area contributed by atoms with E-state index in [0.717, 1.165) is 59.7 Å². The van der Waals surface area contributed by atoms with E-state index >= 15 is 0 Å². The number of fused-ring (bicyclic) bond motifs is 2. The molecule has 6 rings (SSSR count). The highest BCUT2D eigenvalue weighted by Gasteiger charge is 2.29. The third kappa shape index (κ3) is 3.40. The Labute approximate surface area is 185 Å². The van der Waals surface area contributed by atoms with Crippen LogP contribution in [-0.4, -0.2) is 52.0 Å². The number of hydrogen-bond acceptors (Lipinski definition) is 7. The molecule has 2 aliphatic rings. The number of aromatic nitrogens is 3. The van der Waals surface area contributed by atoms with Gasteiger partial charge >= 0.3 is 0 Å². The van der Waals surface area contributed by atoms with Crippen molar-refractivity contribution in [2.24, 2.45) is 5.73 Å². The zero-order valence-electron chi connectivity index (χ0n) is 18.3. The number of morpholine rings is 1. The first-order valence-corrected chi connectivity index (χ1v) is 11.1. The highest BCUT2D eigenvalue weighted by Crippen LogP contribution is 2.36. The Bertz CT molecular complexity index is 1290. The summed E-state index contributed by atoms with van der Waals surface area (Å²) in [5.41, 5.74) is 9.22. The van der Waals surface area contributed by atoms with Crippen LogP contribution in [0.2, 0.25) is 0 Å². The minimum atomic E-state index is -0.181. The molecule has 0 amide bonds. The van der Waals surface area contributed by atoms with Crippen LogP contribution in [0.5, 0.6) is 5.88 Å². The second kappa shape index (κ2) is 7.21. The standard InChI is InChI=1S/C24H27N5O3/c1-24(2)14-28(8-9-30-24)18-4-3-5-20-17(18)12-21(32-20)19-13-26-22-6-7-23(27-29(19)22)31-16-10-15(25)11-16/h3-7,12-13,15-16H,8-11,14,25H2,1-2H3. The summed E-state index contributed by atoms with van der Waals surface area (Å²) < 4.78 is 19.9. The van der Waals surface area contributed by atoms with Gasteiger partial charge in [-0.05, 0) is 51.0 Å². The molecule has 1 aliphatic heterocycles. The second-order valence-corrected chi connectivity index (χ2v) is 9.39. The molecule has 4 heterocycles. The normalized spacial score (nSPS) is 22.9. The molecule has 0 bridgehead atoms. The topological polar surface area (TPSA) is 91.0 Å². The van der Waals surface area contributed by atoms with Gasteiger partial charge in [-0.2, -0.15) is 0 Å². The fourth-order valence-corrected chi connectivity index (χ4v) is 4.63. The van der Waals surface area contributed by atoms with Gasteiger partial charge in [-0.3, -0.25) is 0 Å². The summed E-state index contributed by atoms with van der Waals surface area (Å²) in [7, 11) is 0. The van der Waals surface area contributed by atoms with Crippen LogP contribution in [0.25, 0.3) is 28.1 Å². The van der Waals surface area contributed by atoms with Crippen molar-refractivity contribution in [3.8, 4) is 17.3 Å². The molecule has 4 aromatic rings. The molecular weight excluding hydrogens is 406 g/mol. The van der Waals surface area contributed by atoms with Gasteiger partial charge in [0.2, 0.25) is 5.88 Å². The summed E-state index contributed by atoms with van der Waals surface area (Å²) in [6.07, 6.45) is 3.65. The SMILES string of the molecule is CC1(C)CN(c2cccc3oc(-c4cnc5ccc(OC6CC(N)C6)nn45)cc23)CCO1. The Morgan fingerprint density at radius 1 is 1.19 bits per heavy atom.